The third kappa shape index (κ3) is 1.42. The molecule has 1 heterocycles. The summed E-state index contributed by atoms with van der Waals surface area (Å²) in [4.78, 5) is 21.9. The highest BCUT2D eigenvalue weighted by molar-refractivity contribution is 9.12. The SMILES string of the molecule is CC1=C2NC(=O)C(=O)C2C(Br)C(F)=C1Br. The molecule has 2 rings (SSSR count). The summed E-state index contributed by atoms with van der Waals surface area (Å²) in [7, 11) is 0. The molecule has 80 valence electrons. The van der Waals surface area contributed by atoms with Gasteiger partial charge in [-0.1, -0.05) is 15.9 Å². The molecule has 0 aromatic heterocycles. The minimum atomic E-state index is -0.767. The molecule has 1 fully saturated rings. The molecule has 2 atom stereocenters. The second kappa shape index (κ2) is 3.52. The van der Waals surface area contributed by atoms with E-state index in [1.807, 2.05) is 0 Å². The van der Waals surface area contributed by atoms with Crippen LogP contribution in [0.1, 0.15) is 6.92 Å². The van der Waals surface area contributed by atoms with Gasteiger partial charge in [0.25, 0.3) is 5.91 Å². The van der Waals surface area contributed by atoms with Gasteiger partial charge in [0.1, 0.15) is 5.83 Å². The van der Waals surface area contributed by atoms with Gasteiger partial charge in [-0.3, -0.25) is 9.59 Å². The molecule has 1 saturated heterocycles. The topological polar surface area (TPSA) is 46.2 Å². The molecule has 0 aromatic rings. The number of carbonyl (C=O) groups excluding carboxylic acids is 2. The average Bonchev–Trinajstić information content (AvgIpc) is 2.50. The van der Waals surface area contributed by atoms with Crippen molar-refractivity contribution in [3.8, 4) is 0 Å². The summed E-state index contributed by atoms with van der Waals surface area (Å²) in [6, 6.07) is 0. The number of amides is 1. The third-order valence-electron chi connectivity index (χ3n) is 2.54. The van der Waals surface area contributed by atoms with Crippen molar-refractivity contribution in [1.29, 1.82) is 0 Å². The fourth-order valence-electron chi connectivity index (χ4n) is 1.70. The van der Waals surface area contributed by atoms with Crippen molar-refractivity contribution >= 4 is 43.6 Å². The quantitative estimate of drug-likeness (QED) is 0.542. The Morgan fingerprint density at radius 2 is 2.00 bits per heavy atom. The molecular weight excluding hydrogens is 333 g/mol. The van der Waals surface area contributed by atoms with Crippen LogP contribution < -0.4 is 5.32 Å². The molecule has 2 aliphatic rings. The Labute approximate surface area is 102 Å². The van der Waals surface area contributed by atoms with Crippen LogP contribution in [0.25, 0.3) is 0 Å². The van der Waals surface area contributed by atoms with Crippen molar-refractivity contribution < 1.29 is 14.0 Å². The average molecular weight is 339 g/mol. The number of rotatable bonds is 0. The highest BCUT2D eigenvalue weighted by atomic mass is 79.9. The summed E-state index contributed by atoms with van der Waals surface area (Å²) in [5.74, 6) is -2.47. The van der Waals surface area contributed by atoms with Crippen LogP contribution in [0.15, 0.2) is 21.6 Å². The number of Topliss-reactive ketones (excluding diaryl/α,β-unsaturated/α-hetero) is 1. The number of ketones is 1. The van der Waals surface area contributed by atoms with Gasteiger partial charge in [-0.25, -0.2) is 4.39 Å². The molecule has 1 N–H and O–H groups in total. The predicted molar refractivity (Wildman–Crippen MR) is 59.1 cm³/mol. The van der Waals surface area contributed by atoms with Gasteiger partial charge in [0, 0.05) is 5.70 Å². The molecular formula is C9H6Br2FNO2. The molecule has 1 aliphatic carbocycles. The monoisotopic (exact) mass is 337 g/mol. The molecule has 0 aromatic carbocycles. The molecule has 2 unspecified atom stereocenters. The van der Waals surface area contributed by atoms with Crippen LogP contribution in [0.4, 0.5) is 4.39 Å². The van der Waals surface area contributed by atoms with Crippen LogP contribution in [0.5, 0.6) is 0 Å². The standard InChI is InChI=1S/C9H6Br2FNO2/c1-2-4(10)6(12)5(11)3-7(2)13-9(15)8(3)14/h3,5H,1H3,(H,13,15). The van der Waals surface area contributed by atoms with E-state index < -0.39 is 28.3 Å². The van der Waals surface area contributed by atoms with Gasteiger partial charge in [0.15, 0.2) is 0 Å². The zero-order valence-electron chi connectivity index (χ0n) is 7.61. The number of carbonyl (C=O) groups is 2. The van der Waals surface area contributed by atoms with Gasteiger partial charge in [-0.15, -0.1) is 0 Å². The Hall–Kier alpha value is -0.490. The number of fused-ring (bicyclic) bond motifs is 1. The van der Waals surface area contributed by atoms with Crippen LogP contribution in [0.3, 0.4) is 0 Å². The van der Waals surface area contributed by atoms with Gasteiger partial charge in [0.05, 0.1) is 15.2 Å². The van der Waals surface area contributed by atoms with E-state index in [0.29, 0.717) is 15.8 Å². The Kier molecular flexibility index (Phi) is 2.58. The fourth-order valence-corrected chi connectivity index (χ4v) is 3.21. The Balaban J connectivity index is 2.58. The first-order chi connectivity index (χ1) is 6.95. The van der Waals surface area contributed by atoms with E-state index in [2.05, 4.69) is 37.2 Å². The van der Waals surface area contributed by atoms with Gasteiger partial charge in [-0.2, -0.15) is 0 Å². The number of halogens is 3. The molecule has 15 heavy (non-hydrogen) atoms. The van der Waals surface area contributed by atoms with Crippen molar-refractivity contribution in [2.75, 3.05) is 0 Å². The Bertz CT molecular complexity index is 441. The normalized spacial score (nSPS) is 30.9. The summed E-state index contributed by atoms with van der Waals surface area (Å²) >= 11 is 6.18. The van der Waals surface area contributed by atoms with E-state index in [-0.39, 0.29) is 0 Å². The van der Waals surface area contributed by atoms with Crippen LogP contribution in [0, 0.1) is 5.92 Å². The van der Waals surface area contributed by atoms with E-state index in [0.717, 1.165) is 0 Å². The highest BCUT2D eigenvalue weighted by Gasteiger charge is 2.47. The van der Waals surface area contributed by atoms with Crippen LogP contribution in [-0.4, -0.2) is 16.5 Å². The van der Waals surface area contributed by atoms with E-state index in [4.69, 9.17) is 0 Å². The van der Waals surface area contributed by atoms with Crippen LogP contribution >= 0.6 is 31.9 Å². The molecule has 3 nitrogen and oxygen atoms in total. The summed E-state index contributed by atoms with van der Waals surface area (Å²) < 4.78 is 13.9. The number of hydrogen-bond donors (Lipinski definition) is 1. The molecule has 6 heteroatoms. The lowest BCUT2D eigenvalue weighted by Crippen LogP contribution is -2.27. The first-order valence-electron chi connectivity index (χ1n) is 4.20. The number of nitrogens with one attached hydrogen (secondary N) is 1. The van der Waals surface area contributed by atoms with E-state index in [9.17, 15) is 14.0 Å². The minimum Gasteiger partial charge on any atom is -0.322 e. The van der Waals surface area contributed by atoms with Gasteiger partial charge >= 0.3 is 0 Å². The molecule has 1 amide bonds. The second-order valence-corrected chi connectivity index (χ2v) is 5.18. The van der Waals surface area contributed by atoms with Crippen molar-refractivity contribution in [3.63, 3.8) is 0 Å². The maximum Gasteiger partial charge on any atom is 0.292 e. The smallest absolute Gasteiger partial charge is 0.292 e. The molecule has 1 aliphatic heterocycles. The number of alkyl halides is 1. The van der Waals surface area contributed by atoms with E-state index >= 15 is 0 Å². The van der Waals surface area contributed by atoms with Crippen molar-refractivity contribution in [1.82, 2.24) is 5.32 Å². The second-order valence-electron chi connectivity index (χ2n) is 3.40. The molecule has 0 saturated carbocycles. The first kappa shape index (κ1) is 11.0. The molecule has 0 bridgehead atoms. The summed E-state index contributed by atoms with van der Waals surface area (Å²) in [5, 5.41) is 2.47. The number of allylic oxidation sites excluding steroid dienone is 4. The van der Waals surface area contributed by atoms with Gasteiger partial charge in [0.2, 0.25) is 5.78 Å². The van der Waals surface area contributed by atoms with Crippen LogP contribution in [-0.2, 0) is 9.59 Å². The van der Waals surface area contributed by atoms with Crippen molar-refractivity contribution in [3.05, 3.63) is 21.6 Å². The maximum absolute atomic E-state index is 13.6. The van der Waals surface area contributed by atoms with E-state index in [1.54, 1.807) is 6.92 Å². The van der Waals surface area contributed by atoms with Crippen LogP contribution in [0.2, 0.25) is 0 Å². The van der Waals surface area contributed by atoms with Gasteiger partial charge in [-0.05, 0) is 28.4 Å². The van der Waals surface area contributed by atoms with E-state index in [1.165, 1.54) is 0 Å². The summed E-state index contributed by atoms with van der Waals surface area (Å²) in [5.41, 5.74) is 1.05. The summed E-state index contributed by atoms with van der Waals surface area (Å²) in [6.07, 6.45) is 0. The fraction of sp³-hybridized carbons (Fsp3) is 0.333. The largest absolute Gasteiger partial charge is 0.322 e. The summed E-state index contributed by atoms with van der Waals surface area (Å²) in [6.45, 7) is 1.66. The minimum absolute atomic E-state index is 0.297. The first-order valence-corrected chi connectivity index (χ1v) is 5.91. The van der Waals surface area contributed by atoms with Crippen molar-refractivity contribution in [2.24, 2.45) is 5.92 Å². The third-order valence-corrected chi connectivity index (χ3v) is 4.45. The lowest BCUT2D eigenvalue weighted by atomic mass is 9.91. The van der Waals surface area contributed by atoms with Crippen molar-refractivity contribution in [2.45, 2.75) is 11.8 Å². The Morgan fingerprint density at radius 3 is 2.60 bits per heavy atom. The Morgan fingerprint density at radius 1 is 1.40 bits per heavy atom. The zero-order chi connectivity index (χ0) is 11.3. The molecule has 0 radical (unpaired) electrons. The maximum atomic E-state index is 13.6. The zero-order valence-corrected chi connectivity index (χ0v) is 10.8. The number of hydrogen-bond acceptors (Lipinski definition) is 2. The van der Waals surface area contributed by atoms with Gasteiger partial charge < -0.3 is 5.32 Å². The lowest BCUT2D eigenvalue weighted by molar-refractivity contribution is -0.136. The highest BCUT2D eigenvalue weighted by Crippen LogP contribution is 2.42. The molecule has 0 spiro atoms. The predicted octanol–water partition coefficient (Wildman–Crippen LogP) is 1.93. The lowest BCUT2D eigenvalue weighted by Gasteiger charge is -2.23.